The summed E-state index contributed by atoms with van der Waals surface area (Å²) in [4.78, 5) is 0. The Balaban J connectivity index is 2.22. The van der Waals surface area contributed by atoms with E-state index in [9.17, 15) is 8.78 Å². The SMILES string of the molecule is COc1c(CC2CCCN2)cccc1C(F)F. The van der Waals surface area contributed by atoms with Gasteiger partial charge in [-0.05, 0) is 37.4 Å². The molecule has 4 heteroatoms. The van der Waals surface area contributed by atoms with Gasteiger partial charge in [0, 0.05) is 6.04 Å². The molecule has 1 saturated heterocycles. The maximum Gasteiger partial charge on any atom is 0.267 e. The van der Waals surface area contributed by atoms with E-state index in [1.54, 1.807) is 6.07 Å². The number of para-hydroxylation sites is 1. The predicted molar refractivity (Wildman–Crippen MR) is 62.7 cm³/mol. The van der Waals surface area contributed by atoms with Crippen LogP contribution >= 0.6 is 0 Å². The van der Waals surface area contributed by atoms with E-state index in [0.717, 1.165) is 31.4 Å². The number of hydrogen-bond donors (Lipinski definition) is 1. The van der Waals surface area contributed by atoms with Crippen LogP contribution < -0.4 is 10.1 Å². The van der Waals surface area contributed by atoms with Gasteiger partial charge >= 0.3 is 0 Å². The maximum atomic E-state index is 12.8. The largest absolute Gasteiger partial charge is 0.496 e. The van der Waals surface area contributed by atoms with Gasteiger partial charge in [0.2, 0.25) is 0 Å². The highest BCUT2D eigenvalue weighted by Gasteiger charge is 2.20. The van der Waals surface area contributed by atoms with Crippen LogP contribution in [0.1, 0.15) is 30.4 Å². The molecule has 1 N–H and O–H groups in total. The van der Waals surface area contributed by atoms with Gasteiger partial charge in [-0.1, -0.05) is 12.1 Å². The number of rotatable bonds is 4. The lowest BCUT2D eigenvalue weighted by atomic mass is 10.0. The van der Waals surface area contributed by atoms with Crippen LogP contribution in [0.4, 0.5) is 8.78 Å². The Hall–Kier alpha value is -1.16. The fourth-order valence-corrected chi connectivity index (χ4v) is 2.38. The molecule has 0 spiro atoms. The monoisotopic (exact) mass is 241 g/mol. The summed E-state index contributed by atoms with van der Waals surface area (Å²) in [5, 5.41) is 3.36. The van der Waals surface area contributed by atoms with E-state index in [4.69, 9.17) is 4.74 Å². The van der Waals surface area contributed by atoms with Crippen molar-refractivity contribution < 1.29 is 13.5 Å². The highest BCUT2D eigenvalue weighted by atomic mass is 19.3. The molecule has 1 aliphatic rings. The van der Waals surface area contributed by atoms with Crippen LogP contribution in [0.15, 0.2) is 18.2 Å². The molecule has 0 bridgehead atoms. The summed E-state index contributed by atoms with van der Waals surface area (Å²) in [6.45, 7) is 1.02. The van der Waals surface area contributed by atoms with Crippen LogP contribution in [0.5, 0.6) is 5.75 Å². The molecule has 1 fully saturated rings. The quantitative estimate of drug-likeness (QED) is 0.875. The lowest BCUT2D eigenvalue weighted by molar-refractivity contribution is 0.147. The summed E-state index contributed by atoms with van der Waals surface area (Å²) in [7, 11) is 1.45. The summed E-state index contributed by atoms with van der Waals surface area (Å²) in [6, 6.07) is 5.35. The van der Waals surface area contributed by atoms with Crippen LogP contribution in [0.2, 0.25) is 0 Å². The molecule has 1 unspecified atom stereocenters. The fourth-order valence-electron chi connectivity index (χ4n) is 2.38. The van der Waals surface area contributed by atoms with Crippen molar-refractivity contribution in [3.63, 3.8) is 0 Å². The summed E-state index contributed by atoms with van der Waals surface area (Å²) in [6.07, 6.45) is 0.522. The van der Waals surface area contributed by atoms with Gasteiger partial charge in [0.25, 0.3) is 6.43 Å². The summed E-state index contributed by atoms with van der Waals surface area (Å²) >= 11 is 0. The third-order valence-corrected chi connectivity index (χ3v) is 3.19. The number of nitrogens with one attached hydrogen (secondary N) is 1. The Morgan fingerprint density at radius 2 is 2.29 bits per heavy atom. The van der Waals surface area contributed by atoms with Crippen molar-refractivity contribution in [2.45, 2.75) is 31.7 Å². The van der Waals surface area contributed by atoms with Crippen LogP contribution in [-0.2, 0) is 6.42 Å². The third-order valence-electron chi connectivity index (χ3n) is 3.19. The minimum atomic E-state index is -2.48. The van der Waals surface area contributed by atoms with Gasteiger partial charge in [0.15, 0.2) is 0 Å². The number of ether oxygens (including phenoxy) is 1. The molecular weight excluding hydrogens is 224 g/mol. The Labute approximate surface area is 100.0 Å². The molecule has 1 aromatic carbocycles. The minimum absolute atomic E-state index is 0.0111. The molecule has 0 saturated carbocycles. The number of halogens is 2. The van der Waals surface area contributed by atoms with Gasteiger partial charge in [0.1, 0.15) is 5.75 Å². The first kappa shape index (κ1) is 12.3. The summed E-state index contributed by atoms with van der Waals surface area (Å²) < 4.78 is 30.8. The van der Waals surface area contributed by atoms with E-state index in [1.165, 1.54) is 13.2 Å². The molecule has 0 aliphatic carbocycles. The van der Waals surface area contributed by atoms with E-state index in [2.05, 4.69) is 5.32 Å². The van der Waals surface area contributed by atoms with Crippen molar-refractivity contribution in [2.75, 3.05) is 13.7 Å². The molecule has 0 radical (unpaired) electrons. The molecule has 1 aliphatic heterocycles. The second kappa shape index (κ2) is 5.45. The Morgan fingerprint density at radius 3 is 2.88 bits per heavy atom. The molecule has 2 rings (SSSR count). The highest BCUT2D eigenvalue weighted by molar-refractivity contribution is 5.42. The first-order valence-electron chi connectivity index (χ1n) is 5.89. The Morgan fingerprint density at radius 1 is 1.47 bits per heavy atom. The number of benzene rings is 1. The minimum Gasteiger partial charge on any atom is -0.496 e. The molecule has 2 nitrogen and oxygen atoms in total. The first-order valence-corrected chi connectivity index (χ1v) is 5.89. The topological polar surface area (TPSA) is 21.3 Å². The van der Waals surface area contributed by atoms with Crippen molar-refractivity contribution in [3.05, 3.63) is 29.3 Å². The van der Waals surface area contributed by atoms with Crippen LogP contribution in [0.25, 0.3) is 0 Å². The molecule has 0 aromatic heterocycles. The number of hydrogen-bond acceptors (Lipinski definition) is 2. The molecule has 1 heterocycles. The van der Waals surface area contributed by atoms with E-state index >= 15 is 0 Å². The second-order valence-corrected chi connectivity index (χ2v) is 4.34. The highest BCUT2D eigenvalue weighted by Crippen LogP contribution is 2.33. The molecule has 94 valence electrons. The van der Waals surface area contributed by atoms with Gasteiger partial charge in [0.05, 0.1) is 12.7 Å². The maximum absolute atomic E-state index is 12.8. The zero-order chi connectivity index (χ0) is 12.3. The molecule has 0 amide bonds. The smallest absolute Gasteiger partial charge is 0.267 e. The first-order chi connectivity index (χ1) is 8.22. The summed E-state index contributed by atoms with van der Waals surface area (Å²) in [5.41, 5.74) is 0.854. The van der Waals surface area contributed by atoms with Crippen LogP contribution in [0.3, 0.4) is 0 Å². The lowest BCUT2D eigenvalue weighted by Gasteiger charge is -2.16. The van der Waals surface area contributed by atoms with Gasteiger partial charge in [-0.3, -0.25) is 0 Å². The van der Waals surface area contributed by atoms with Crippen molar-refractivity contribution in [1.29, 1.82) is 0 Å². The van der Waals surface area contributed by atoms with Crippen molar-refractivity contribution in [3.8, 4) is 5.75 Å². The van der Waals surface area contributed by atoms with Crippen molar-refractivity contribution in [1.82, 2.24) is 5.32 Å². The van der Waals surface area contributed by atoms with Gasteiger partial charge in [-0.2, -0.15) is 0 Å². The van der Waals surface area contributed by atoms with E-state index in [-0.39, 0.29) is 5.56 Å². The Kier molecular flexibility index (Phi) is 3.94. The normalized spacial score (nSPS) is 19.9. The zero-order valence-corrected chi connectivity index (χ0v) is 9.88. The van der Waals surface area contributed by atoms with Gasteiger partial charge in [-0.25, -0.2) is 8.78 Å². The molecule has 17 heavy (non-hydrogen) atoms. The molecule has 1 aromatic rings. The standard InChI is InChI=1S/C13H17F2NO/c1-17-12-9(8-10-5-3-7-16-10)4-2-6-11(12)13(14)15/h2,4,6,10,13,16H,3,5,7-8H2,1H3. The predicted octanol–water partition coefficient (Wildman–Crippen LogP) is 2.93. The van der Waals surface area contributed by atoms with Crippen molar-refractivity contribution >= 4 is 0 Å². The van der Waals surface area contributed by atoms with E-state index < -0.39 is 6.43 Å². The third kappa shape index (κ3) is 2.75. The van der Waals surface area contributed by atoms with Crippen LogP contribution in [0, 0.1) is 0 Å². The molecular formula is C13H17F2NO. The zero-order valence-electron chi connectivity index (χ0n) is 9.88. The van der Waals surface area contributed by atoms with E-state index in [0.29, 0.717) is 11.8 Å². The fraction of sp³-hybridized carbons (Fsp3) is 0.538. The van der Waals surface area contributed by atoms with Crippen molar-refractivity contribution in [2.24, 2.45) is 0 Å². The van der Waals surface area contributed by atoms with Crippen LogP contribution in [-0.4, -0.2) is 19.7 Å². The average molecular weight is 241 g/mol. The lowest BCUT2D eigenvalue weighted by Crippen LogP contribution is -2.24. The second-order valence-electron chi connectivity index (χ2n) is 4.34. The Bertz CT molecular complexity index is 376. The van der Waals surface area contributed by atoms with Gasteiger partial charge in [-0.15, -0.1) is 0 Å². The van der Waals surface area contributed by atoms with Gasteiger partial charge < -0.3 is 10.1 Å². The molecule has 1 atom stereocenters. The average Bonchev–Trinajstić information content (AvgIpc) is 2.81. The van der Waals surface area contributed by atoms with E-state index in [1.807, 2.05) is 6.07 Å². The number of alkyl halides is 2. The number of methoxy groups -OCH3 is 1. The summed E-state index contributed by atoms with van der Waals surface area (Å²) in [5.74, 6) is 0.344.